The molecule has 1 aromatic carbocycles. The van der Waals surface area contributed by atoms with Crippen molar-refractivity contribution in [1.29, 1.82) is 5.26 Å². The van der Waals surface area contributed by atoms with Gasteiger partial charge in [0.25, 0.3) is 0 Å². The van der Waals surface area contributed by atoms with E-state index < -0.39 is 15.6 Å². The van der Waals surface area contributed by atoms with Crippen LogP contribution in [-0.4, -0.2) is 14.0 Å². The van der Waals surface area contributed by atoms with E-state index in [0.29, 0.717) is 0 Å². The number of nitriles is 1. The molecule has 0 aliphatic heterocycles. The molecular weight excluding hydrogens is 284 g/mol. The molecule has 1 atom stereocenters. The fraction of sp³-hybridized carbons (Fsp3) is 0.562. The van der Waals surface area contributed by atoms with Gasteiger partial charge in [0.15, 0.2) is 0 Å². The molecule has 0 saturated heterocycles. The van der Waals surface area contributed by atoms with Crippen LogP contribution in [0.25, 0.3) is 0 Å². The zero-order valence-electron chi connectivity index (χ0n) is 12.8. The second-order valence-corrected chi connectivity index (χ2v) is 7.89. The molecule has 0 amide bonds. The Kier molecular flexibility index (Phi) is 4.40. The van der Waals surface area contributed by atoms with Crippen molar-refractivity contribution < 1.29 is 8.42 Å². The Morgan fingerprint density at radius 3 is 2.43 bits per heavy atom. The van der Waals surface area contributed by atoms with Crippen LogP contribution in [0.3, 0.4) is 0 Å². The summed E-state index contributed by atoms with van der Waals surface area (Å²) in [4.78, 5) is 0.255. The molecule has 1 N–H and O–H groups in total. The molecule has 114 valence electrons. The van der Waals surface area contributed by atoms with E-state index in [0.717, 1.165) is 31.2 Å². The van der Waals surface area contributed by atoms with Gasteiger partial charge in [-0.25, -0.2) is 8.42 Å². The molecule has 21 heavy (non-hydrogen) atoms. The van der Waals surface area contributed by atoms with Gasteiger partial charge in [0, 0.05) is 0 Å². The zero-order chi connectivity index (χ0) is 15.7. The largest absolute Gasteiger partial charge is 0.241 e. The molecular formula is C16H22N2O2S. The van der Waals surface area contributed by atoms with Crippen molar-refractivity contribution >= 4 is 10.0 Å². The summed E-state index contributed by atoms with van der Waals surface area (Å²) in [5, 5.41) is 9.28. The van der Waals surface area contributed by atoms with Crippen molar-refractivity contribution in [1.82, 2.24) is 4.72 Å². The Morgan fingerprint density at radius 2 is 1.86 bits per heavy atom. The molecule has 4 nitrogen and oxygen atoms in total. The predicted molar refractivity (Wildman–Crippen MR) is 82.3 cm³/mol. The average molecular weight is 306 g/mol. The van der Waals surface area contributed by atoms with Crippen LogP contribution in [0.1, 0.15) is 44.7 Å². The lowest BCUT2D eigenvalue weighted by molar-refractivity contribution is 0.388. The molecule has 0 aromatic heterocycles. The van der Waals surface area contributed by atoms with Crippen molar-refractivity contribution in [3.8, 4) is 6.07 Å². The van der Waals surface area contributed by atoms with E-state index in [1.165, 1.54) is 5.56 Å². The monoisotopic (exact) mass is 306 g/mol. The van der Waals surface area contributed by atoms with Crippen molar-refractivity contribution in [2.75, 3.05) is 0 Å². The van der Waals surface area contributed by atoms with Gasteiger partial charge in [0.2, 0.25) is 10.0 Å². The van der Waals surface area contributed by atoms with E-state index in [-0.39, 0.29) is 10.8 Å². The third-order valence-corrected chi connectivity index (χ3v) is 5.93. The maximum atomic E-state index is 12.5. The van der Waals surface area contributed by atoms with Crippen LogP contribution in [0.15, 0.2) is 23.1 Å². The van der Waals surface area contributed by atoms with Crippen molar-refractivity contribution in [3.05, 3.63) is 29.3 Å². The normalized spacial score (nSPS) is 17.9. The fourth-order valence-corrected chi connectivity index (χ4v) is 3.99. The van der Waals surface area contributed by atoms with Crippen LogP contribution >= 0.6 is 0 Å². The highest BCUT2D eigenvalue weighted by atomic mass is 32.2. The summed E-state index contributed by atoms with van der Waals surface area (Å²) in [6, 6.07) is 7.38. The molecule has 1 aliphatic rings. The number of nitrogens with one attached hydrogen (secondary N) is 1. The van der Waals surface area contributed by atoms with Gasteiger partial charge in [-0.3, -0.25) is 0 Å². The van der Waals surface area contributed by atoms with Crippen LogP contribution in [0.4, 0.5) is 0 Å². The first-order valence-electron chi connectivity index (χ1n) is 7.35. The number of hydrogen-bond acceptors (Lipinski definition) is 3. The number of benzene rings is 1. The Labute approximate surface area is 127 Å². The Balaban J connectivity index is 2.34. The predicted octanol–water partition coefficient (Wildman–Crippen LogP) is 2.78. The minimum Gasteiger partial charge on any atom is -0.207 e. The Hall–Kier alpha value is -1.38. The molecule has 1 aromatic rings. The summed E-state index contributed by atoms with van der Waals surface area (Å²) in [5.74, 6) is -0.116. The summed E-state index contributed by atoms with van der Waals surface area (Å²) in [5.41, 5.74) is 1.26. The van der Waals surface area contributed by atoms with Gasteiger partial charge in [-0.1, -0.05) is 19.9 Å². The van der Waals surface area contributed by atoms with Gasteiger partial charge in [-0.2, -0.15) is 9.98 Å². The van der Waals surface area contributed by atoms with E-state index in [1.807, 2.05) is 19.9 Å². The zero-order valence-corrected chi connectivity index (χ0v) is 13.6. The van der Waals surface area contributed by atoms with Crippen LogP contribution in [0.5, 0.6) is 0 Å². The minimum atomic E-state index is -3.68. The van der Waals surface area contributed by atoms with Gasteiger partial charge in [-0.15, -0.1) is 0 Å². The highest BCUT2D eigenvalue weighted by molar-refractivity contribution is 7.89. The smallest absolute Gasteiger partial charge is 0.207 e. The average Bonchev–Trinajstić information content (AvgIpc) is 2.46. The van der Waals surface area contributed by atoms with Crippen LogP contribution in [0, 0.1) is 17.2 Å². The van der Waals surface area contributed by atoms with Crippen molar-refractivity contribution in [2.24, 2.45) is 5.92 Å². The number of sulfonamides is 1. The van der Waals surface area contributed by atoms with Gasteiger partial charge in [0.1, 0.15) is 5.54 Å². The Bertz CT molecular complexity index is 674. The second kappa shape index (κ2) is 5.78. The maximum absolute atomic E-state index is 12.5. The SMILES string of the molecule is CC(C)[C@](C)(C#N)NS(=O)(=O)c1ccc2c(c1)CCCC2. The highest BCUT2D eigenvalue weighted by Gasteiger charge is 2.34. The van der Waals surface area contributed by atoms with Gasteiger partial charge >= 0.3 is 0 Å². The lowest BCUT2D eigenvalue weighted by Crippen LogP contribution is -2.48. The number of aryl methyl sites for hydroxylation is 2. The number of rotatable bonds is 4. The maximum Gasteiger partial charge on any atom is 0.241 e. The van der Waals surface area contributed by atoms with E-state index in [4.69, 9.17) is 0 Å². The molecule has 0 radical (unpaired) electrons. The molecule has 0 unspecified atom stereocenters. The molecule has 1 aliphatic carbocycles. The summed E-state index contributed by atoms with van der Waals surface area (Å²) in [6.07, 6.45) is 4.21. The third kappa shape index (κ3) is 3.28. The van der Waals surface area contributed by atoms with Crippen LogP contribution in [-0.2, 0) is 22.9 Å². The molecule has 0 spiro atoms. The lowest BCUT2D eigenvalue weighted by Gasteiger charge is -2.27. The highest BCUT2D eigenvalue weighted by Crippen LogP contribution is 2.25. The van der Waals surface area contributed by atoms with Gasteiger partial charge < -0.3 is 0 Å². The first-order chi connectivity index (χ1) is 9.78. The Morgan fingerprint density at radius 1 is 1.24 bits per heavy atom. The molecule has 0 bridgehead atoms. The molecule has 0 fully saturated rings. The topological polar surface area (TPSA) is 70.0 Å². The second-order valence-electron chi connectivity index (χ2n) is 6.21. The van der Waals surface area contributed by atoms with Crippen LogP contribution < -0.4 is 4.72 Å². The molecule has 0 heterocycles. The van der Waals surface area contributed by atoms with E-state index in [1.54, 1.807) is 19.1 Å². The minimum absolute atomic E-state index is 0.116. The molecule has 0 saturated carbocycles. The summed E-state index contributed by atoms with van der Waals surface area (Å²) in [7, 11) is -3.68. The summed E-state index contributed by atoms with van der Waals surface area (Å²) < 4.78 is 27.6. The summed E-state index contributed by atoms with van der Waals surface area (Å²) in [6.45, 7) is 5.28. The van der Waals surface area contributed by atoms with Gasteiger partial charge in [0.05, 0.1) is 11.0 Å². The third-order valence-electron chi connectivity index (χ3n) is 4.36. The quantitative estimate of drug-likeness (QED) is 0.930. The standard InChI is InChI=1S/C16H22N2O2S/c1-12(2)16(3,11-17)18-21(19,20)15-9-8-13-6-4-5-7-14(13)10-15/h8-10,12,18H,4-7H2,1-3H3/t16-/m0/s1. The van der Waals surface area contributed by atoms with Crippen molar-refractivity contribution in [3.63, 3.8) is 0 Å². The van der Waals surface area contributed by atoms with Crippen molar-refractivity contribution in [2.45, 2.75) is 56.9 Å². The van der Waals surface area contributed by atoms with Gasteiger partial charge in [-0.05, 0) is 61.8 Å². The summed E-state index contributed by atoms with van der Waals surface area (Å²) >= 11 is 0. The first-order valence-corrected chi connectivity index (χ1v) is 8.84. The molecule has 5 heteroatoms. The fourth-order valence-electron chi connectivity index (χ4n) is 2.48. The molecule has 2 rings (SSSR count). The van der Waals surface area contributed by atoms with E-state index >= 15 is 0 Å². The lowest BCUT2D eigenvalue weighted by atomic mass is 9.92. The number of nitrogens with zero attached hydrogens (tertiary/aromatic N) is 1. The van der Waals surface area contributed by atoms with Crippen LogP contribution in [0.2, 0.25) is 0 Å². The van der Waals surface area contributed by atoms with E-state index in [2.05, 4.69) is 10.8 Å². The van der Waals surface area contributed by atoms with E-state index in [9.17, 15) is 13.7 Å². The number of fused-ring (bicyclic) bond motifs is 1. The first kappa shape index (κ1) is 16.0. The number of hydrogen-bond donors (Lipinski definition) is 1.